The Hall–Kier alpha value is -1.58. The fraction of sp³-hybridized carbons (Fsp3) is 0.133. The van der Waals surface area contributed by atoms with Crippen LogP contribution < -0.4 is 5.32 Å². The summed E-state index contributed by atoms with van der Waals surface area (Å²) >= 11 is 7.95. The van der Waals surface area contributed by atoms with E-state index in [1.54, 1.807) is 17.5 Å². The van der Waals surface area contributed by atoms with E-state index in [4.69, 9.17) is 11.6 Å². The molecule has 0 atom stereocenters. The molecule has 0 aliphatic heterocycles. The Morgan fingerprint density at radius 1 is 1.16 bits per heavy atom. The quantitative estimate of drug-likeness (QED) is 0.759. The van der Waals surface area contributed by atoms with Crippen LogP contribution in [0.1, 0.15) is 4.88 Å². The van der Waals surface area contributed by atoms with Gasteiger partial charge >= 0.3 is 0 Å². The first kappa shape index (κ1) is 12.5. The summed E-state index contributed by atoms with van der Waals surface area (Å²) in [7, 11) is 0. The first-order valence-electron chi connectivity index (χ1n) is 6.14. The van der Waals surface area contributed by atoms with Gasteiger partial charge in [-0.15, -0.1) is 11.3 Å². The number of anilines is 1. The smallest absolute Gasteiger partial charge is 0.0908 e. The molecule has 0 aliphatic rings. The molecule has 2 heterocycles. The molecular weight excluding hydrogens is 276 g/mol. The average molecular weight is 289 g/mol. The fourth-order valence-electron chi connectivity index (χ4n) is 2.07. The van der Waals surface area contributed by atoms with Gasteiger partial charge in [0.05, 0.1) is 10.5 Å². The van der Waals surface area contributed by atoms with E-state index in [1.807, 2.05) is 24.3 Å². The number of aromatic nitrogens is 1. The lowest BCUT2D eigenvalue weighted by atomic mass is 10.2. The second-order valence-electron chi connectivity index (χ2n) is 4.25. The Morgan fingerprint density at radius 2 is 2.11 bits per heavy atom. The van der Waals surface area contributed by atoms with Gasteiger partial charge in [0, 0.05) is 28.7 Å². The Balaban J connectivity index is 1.79. The molecule has 1 N–H and O–H groups in total. The largest absolute Gasteiger partial charge is 0.384 e. The topological polar surface area (TPSA) is 24.9 Å². The molecule has 0 saturated heterocycles. The van der Waals surface area contributed by atoms with E-state index in [0.29, 0.717) is 5.02 Å². The maximum atomic E-state index is 6.16. The van der Waals surface area contributed by atoms with Crippen LogP contribution in [0.15, 0.2) is 48.0 Å². The molecule has 0 spiro atoms. The highest BCUT2D eigenvalue weighted by atomic mass is 35.5. The number of rotatable bonds is 4. The lowest BCUT2D eigenvalue weighted by molar-refractivity contribution is 1.05. The highest BCUT2D eigenvalue weighted by Gasteiger charge is 2.04. The van der Waals surface area contributed by atoms with Gasteiger partial charge in [-0.3, -0.25) is 4.98 Å². The number of halogens is 1. The Kier molecular flexibility index (Phi) is 3.67. The summed E-state index contributed by atoms with van der Waals surface area (Å²) in [6, 6.07) is 12.1. The molecule has 2 aromatic heterocycles. The summed E-state index contributed by atoms with van der Waals surface area (Å²) in [5.41, 5.74) is 1.94. The van der Waals surface area contributed by atoms with Gasteiger partial charge in [0.1, 0.15) is 0 Å². The molecule has 0 amide bonds. The predicted molar refractivity (Wildman–Crippen MR) is 83.3 cm³/mol. The van der Waals surface area contributed by atoms with E-state index in [-0.39, 0.29) is 0 Å². The Labute approximate surface area is 121 Å². The highest BCUT2D eigenvalue weighted by molar-refractivity contribution is 7.09. The maximum Gasteiger partial charge on any atom is 0.0908 e. The van der Waals surface area contributed by atoms with Crippen LogP contribution in [0.2, 0.25) is 5.02 Å². The van der Waals surface area contributed by atoms with Gasteiger partial charge in [0.25, 0.3) is 0 Å². The fourth-order valence-corrected chi connectivity index (χ4v) is 3.00. The van der Waals surface area contributed by atoms with Gasteiger partial charge in [0.2, 0.25) is 0 Å². The van der Waals surface area contributed by atoms with Crippen molar-refractivity contribution in [1.82, 2.24) is 4.98 Å². The summed E-state index contributed by atoms with van der Waals surface area (Å²) in [5.74, 6) is 0. The van der Waals surface area contributed by atoms with Crippen molar-refractivity contribution in [3.05, 3.63) is 57.9 Å². The number of fused-ring (bicyclic) bond motifs is 1. The number of para-hydroxylation sites is 1. The molecule has 3 rings (SSSR count). The highest BCUT2D eigenvalue weighted by Crippen LogP contribution is 2.26. The van der Waals surface area contributed by atoms with Crippen molar-refractivity contribution >= 4 is 39.5 Å². The second kappa shape index (κ2) is 5.59. The molecule has 0 unspecified atom stereocenters. The van der Waals surface area contributed by atoms with Crippen LogP contribution in [0.3, 0.4) is 0 Å². The molecule has 96 valence electrons. The van der Waals surface area contributed by atoms with Crippen molar-refractivity contribution < 1.29 is 0 Å². The van der Waals surface area contributed by atoms with Gasteiger partial charge in [-0.1, -0.05) is 29.8 Å². The molecule has 19 heavy (non-hydrogen) atoms. The van der Waals surface area contributed by atoms with Crippen LogP contribution in [0.5, 0.6) is 0 Å². The van der Waals surface area contributed by atoms with Crippen molar-refractivity contribution in [2.75, 3.05) is 11.9 Å². The Morgan fingerprint density at radius 3 is 2.95 bits per heavy atom. The summed E-state index contributed by atoms with van der Waals surface area (Å²) in [5, 5.41) is 7.33. The molecule has 0 fully saturated rings. The van der Waals surface area contributed by atoms with Gasteiger partial charge < -0.3 is 5.32 Å². The van der Waals surface area contributed by atoms with E-state index in [9.17, 15) is 0 Å². The van der Waals surface area contributed by atoms with Gasteiger partial charge in [0.15, 0.2) is 0 Å². The van der Waals surface area contributed by atoms with E-state index in [1.165, 1.54) is 4.88 Å². The zero-order chi connectivity index (χ0) is 13.1. The summed E-state index contributed by atoms with van der Waals surface area (Å²) < 4.78 is 0. The van der Waals surface area contributed by atoms with Crippen molar-refractivity contribution in [2.24, 2.45) is 0 Å². The SMILES string of the molecule is Clc1cccc2c(NCCc3cccs3)ccnc12. The molecule has 4 heteroatoms. The number of hydrogen-bond acceptors (Lipinski definition) is 3. The number of pyridine rings is 1. The molecule has 0 aliphatic carbocycles. The lowest BCUT2D eigenvalue weighted by Gasteiger charge is -2.09. The molecule has 0 saturated carbocycles. The molecule has 0 radical (unpaired) electrons. The minimum absolute atomic E-state index is 0.694. The van der Waals surface area contributed by atoms with Crippen LogP contribution in [-0.4, -0.2) is 11.5 Å². The van der Waals surface area contributed by atoms with Gasteiger partial charge in [-0.05, 0) is 30.0 Å². The van der Waals surface area contributed by atoms with E-state index in [2.05, 4.69) is 27.8 Å². The zero-order valence-electron chi connectivity index (χ0n) is 10.3. The predicted octanol–water partition coefficient (Wildman–Crippen LogP) is 4.60. The number of thiophene rings is 1. The van der Waals surface area contributed by atoms with Crippen LogP contribution in [0.4, 0.5) is 5.69 Å². The van der Waals surface area contributed by atoms with E-state index < -0.39 is 0 Å². The number of nitrogens with zero attached hydrogens (tertiary/aromatic N) is 1. The number of hydrogen-bond donors (Lipinski definition) is 1. The first-order chi connectivity index (χ1) is 9.34. The minimum atomic E-state index is 0.694. The van der Waals surface area contributed by atoms with Crippen molar-refractivity contribution in [3.8, 4) is 0 Å². The van der Waals surface area contributed by atoms with Crippen LogP contribution in [0, 0.1) is 0 Å². The van der Waals surface area contributed by atoms with Gasteiger partial charge in [-0.2, -0.15) is 0 Å². The van der Waals surface area contributed by atoms with Crippen molar-refractivity contribution in [1.29, 1.82) is 0 Å². The molecule has 1 aromatic carbocycles. The zero-order valence-corrected chi connectivity index (χ0v) is 11.8. The second-order valence-corrected chi connectivity index (χ2v) is 5.69. The van der Waals surface area contributed by atoms with Crippen LogP contribution >= 0.6 is 22.9 Å². The van der Waals surface area contributed by atoms with Gasteiger partial charge in [-0.25, -0.2) is 0 Å². The minimum Gasteiger partial charge on any atom is -0.384 e. The third-order valence-corrected chi connectivity index (χ3v) is 4.23. The summed E-state index contributed by atoms with van der Waals surface area (Å²) in [6.07, 6.45) is 2.82. The molecule has 3 aromatic rings. The van der Waals surface area contributed by atoms with E-state index in [0.717, 1.165) is 29.6 Å². The number of nitrogens with one attached hydrogen (secondary N) is 1. The standard InChI is InChI=1S/C15H13ClN2S/c16-13-5-1-4-12-14(7-9-18-15(12)13)17-8-6-11-3-2-10-19-11/h1-5,7,9-10H,6,8H2,(H,17,18). The summed E-state index contributed by atoms with van der Waals surface area (Å²) in [6.45, 7) is 0.909. The van der Waals surface area contributed by atoms with Crippen molar-refractivity contribution in [2.45, 2.75) is 6.42 Å². The maximum absolute atomic E-state index is 6.16. The summed E-state index contributed by atoms with van der Waals surface area (Å²) in [4.78, 5) is 5.72. The lowest BCUT2D eigenvalue weighted by Crippen LogP contribution is -2.04. The molecule has 0 bridgehead atoms. The first-order valence-corrected chi connectivity index (χ1v) is 7.40. The molecular formula is C15H13ClN2S. The van der Waals surface area contributed by atoms with E-state index >= 15 is 0 Å². The average Bonchev–Trinajstić information content (AvgIpc) is 2.93. The monoisotopic (exact) mass is 288 g/mol. The van der Waals surface area contributed by atoms with Crippen LogP contribution in [-0.2, 0) is 6.42 Å². The third-order valence-electron chi connectivity index (χ3n) is 2.99. The number of benzene rings is 1. The molecule has 2 nitrogen and oxygen atoms in total. The van der Waals surface area contributed by atoms with Crippen LogP contribution in [0.25, 0.3) is 10.9 Å². The normalized spacial score (nSPS) is 10.8. The van der Waals surface area contributed by atoms with Crippen molar-refractivity contribution in [3.63, 3.8) is 0 Å². The third kappa shape index (κ3) is 2.72. The Bertz CT molecular complexity index is 680.